The van der Waals surface area contributed by atoms with Gasteiger partial charge in [-0.3, -0.25) is 14.6 Å². The fourth-order valence-corrected chi connectivity index (χ4v) is 2.20. The predicted molar refractivity (Wildman–Crippen MR) is 75.0 cm³/mol. The Morgan fingerprint density at radius 1 is 1.27 bits per heavy atom. The van der Waals surface area contributed by atoms with Crippen molar-refractivity contribution >= 4 is 11.9 Å². The first-order valence-electron chi connectivity index (χ1n) is 7.02. The van der Waals surface area contributed by atoms with Crippen LogP contribution in [0.25, 0.3) is 0 Å². The third-order valence-electron chi connectivity index (χ3n) is 3.24. The normalized spacial score (nSPS) is 18.8. The number of nitrogens with zero attached hydrogens (tertiary/aromatic N) is 1. The van der Waals surface area contributed by atoms with Gasteiger partial charge in [0.2, 0.25) is 6.29 Å². The number of carbonyl (C=O) groups is 2. The molecule has 22 heavy (non-hydrogen) atoms. The molecular formula is C15H19NO6. The van der Waals surface area contributed by atoms with Crippen LogP contribution < -0.4 is 4.74 Å². The molecular weight excluding hydrogens is 290 g/mol. The Morgan fingerprint density at radius 3 is 2.45 bits per heavy atom. The molecule has 0 saturated heterocycles. The molecule has 7 heteroatoms. The van der Waals surface area contributed by atoms with Crippen molar-refractivity contribution in [3.8, 4) is 5.75 Å². The lowest BCUT2D eigenvalue weighted by Crippen LogP contribution is -2.48. The predicted octanol–water partition coefficient (Wildman–Crippen LogP) is 1.55. The molecule has 0 fully saturated rings. The van der Waals surface area contributed by atoms with Gasteiger partial charge >= 0.3 is 11.9 Å². The Morgan fingerprint density at radius 2 is 1.91 bits per heavy atom. The molecule has 1 atom stereocenters. The largest absolute Gasteiger partial charge is 0.463 e. The summed E-state index contributed by atoms with van der Waals surface area (Å²) in [6, 6.07) is 1.70. The second-order valence-corrected chi connectivity index (χ2v) is 5.00. The van der Waals surface area contributed by atoms with Gasteiger partial charge in [-0.05, 0) is 6.07 Å². The van der Waals surface area contributed by atoms with Crippen LogP contribution >= 0.6 is 0 Å². The first kappa shape index (κ1) is 16.2. The average molecular weight is 309 g/mol. The molecule has 2 heterocycles. The summed E-state index contributed by atoms with van der Waals surface area (Å²) in [7, 11) is 0. The van der Waals surface area contributed by atoms with Gasteiger partial charge in [0.15, 0.2) is 5.60 Å². The molecule has 0 radical (unpaired) electrons. The highest BCUT2D eigenvalue weighted by molar-refractivity contribution is 5.66. The molecule has 120 valence electrons. The molecule has 2 rings (SSSR count). The van der Waals surface area contributed by atoms with Gasteiger partial charge in [-0.2, -0.15) is 0 Å². The molecule has 1 unspecified atom stereocenters. The smallest absolute Gasteiger partial charge is 0.302 e. The average Bonchev–Trinajstić information content (AvgIpc) is 2.50. The van der Waals surface area contributed by atoms with Crippen molar-refractivity contribution in [2.45, 2.75) is 39.1 Å². The van der Waals surface area contributed by atoms with Gasteiger partial charge in [0.1, 0.15) is 19.0 Å². The standard InChI is InChI=1S/C15H19NO6/c1-4-14-21-13-7-16-6-5-12(13)15(22-14,8-19-10(2)17)9-20-11(3)18/h5-7,14H,4,8-9H2,1-3H3. The van der Waals surface area contributed by atoms with Crippen LogP contribution in [0, 0.1) is 0 Å². The van der Waals surface area contributed by atoms with E-state index in [2.05, 4.69) is 4.98 Å². The van der Waals surface area contributed by atoms with Gasteiger partial charge in [0.25, 0.3) is 0 Å². The number of aromatic nitrogens is 1. The molecule has 0 spiro atoms. The summed E-state index contributed by atoms with van der Waals surface area (Å²) in [6.07, 6.45) is 3.18. The monoisotopic (exact) mass is 309 g/mol. The summed E-state index contributed by atoms with van der Waals surface area (Å²) < 4.78 is 21.9. The Balaban J connectivity index is 2.39. The maximum atomic E-state index is 11.2. The van der Waals surface area contributed by atoms with Crippen molar-refractivity contribution in [3.63, 3.8) is 0 Å². The highest BCUT2D eigenvalue weighted by atomic mass is 16.7. The maximum Gasteiger partial charge on any atom is 0.302 e. The molecule has 1 aromatic rings. The van der Waals surface area contributed by atoms with Gasteiger partial charge in [-0.25, -0.2) is 0 Å². The van der Waals surface area contributed by atoms with E-state index in [0.717, 1.165) is 0 Å². The SMILES string of the molecule is CCC1Oc2cnccc2C(COC(C)=O)(COC(C)=O)O1. The van der Waals surface area contributed by atoms with Gasteiger partial charge in [0, 0.05) is 32.0 Å². The number of hydrogen-bond donors (Lipinski definition) is 0. The quantitative estimate of drug-likeness (QED) is 0.763. The number of fused-ring (bicyclic) bond motifs is 1. The van der Waals surface area contributed by atoms with Crippen molar-refractivity contribution in [1.82, 2.24) is 4.98 Å². The van der Waals surface area contributed by atoms with E-state index in [0.29, 0.717) is 17.7 Å². The van der Waals surface area contributed by atoms with E-state index in [1.807, 2.05) is 6.92 Å². The minimum atomic E-state index is -1.10. The van der Waals surface area contributed by atoms with Crippen molar-refractivity contribution in [2.24, 2.45) is 0 Å². The molecule has 1 aliphatic rings. The van der Waals surface area contributed by atoms with E-state index < -0.39 is 23.8 Å². The van der Waals surface area contributed by atoms with Crippen LogP contribution in [-0.2, 0) is 29.4 Å². The summed E-state index contributed by atoms with van der Waals surface area (Å²) in [6.45, 7) is 4.36. The van der Waals surface area contributed by atoms with Crippen LogP contribution in [-0.4, -0.2) is 36.4 Å². The zero-order valence-electron chi connectivity index (χ0n) is 12.8. The molecule has 0 aliphatic carbocycles. The molecule has 0 N–H and O–H groups in total. The lowest BCUT2D eigenvalue weighted by atomic mass is 9.94. The Labute approximate surface area is 128 Å². The second-order valence-electron chi connectivity index (χ2n) is 5.00. The van der Waals surface area contributed by atoms with Gasteiger partial charge in [-0.1, -0.05) is 6.92 Å². The molecule has 1 aliphatic heterocycles. The van der Waals surface area contributed by atoms with Crippen LogP contribution in [0.1, 0.15) is 32.8 Å². The van der Waals surface area contributed by atoms with Crippen LogP contribution in [0.4, 0.5) is 0 Å². The summed E-state index contributed by atoms with van der Waals surface area (Å²) in [5, 5.41) is 0. The Hall–Kier alpha value is -2.15. The fourth-order valence-electron chi connectivity index (χ4n) is 2.20. The number of hydrogen-bond acceptors (Lipinski definition) is 7. The van der Waals surface area contributed by atoms with E-state index >= 15 is 0 Å². The Kier molecular flexibility index (Phi) is 4.97. The van der Waals surface area contributed by atoms with Crippen molar-refractivity contribution in [2.75, 3.05) is 13.2 Å². The van der Waals surface area contributed by atoms with Crippen LogP contribution in [0.3, 0.4) is 0 Å². The zero-order chi connectivity index (χ0) is 16.2. The summed E-state index contributed by atoms with van der Waals surface area (Å²) in [4.78, 5) is 26.4. The molecule has 7 nitrogen and oxygen atoms in total. The number of pyridine rings is 1. The summed E-state index contributed by atoms with van der Waals surface area (Å²) in [5.74, 6) is -0.359. The number of esters is 2. The summed E-state index contributed by atoms with van der Waals surface area (Å²) >= 11 is 0. The topological polar surface area (TPSA) is 84.0 Å². The second kappa shape index (κ2) is 6.74. The number of ether oxygens (including phenoxy) is 4. The molecule has 1 aromatic heterocycles. The maximum absolute atomic E-state index is 11.2. The van der Waals surface area contributed by atoms with Gasteiger partial charge in [0.05, 0.1) is 6.20 Å². The zero-order valence-corrected chi connectivity index (χ0v) is 12.8. The van der Waals surface area contributed by atoms with E-state index in [-0.39, 0.29) is 13.2 Å². The molecule has 0 saturated carbocycles. The van der Waals surface area contributed by atoms with Crippen molar-refractivity contribution in [3.05, 3.63) is 24.0 Å². The van der Waals surface area contributed by atoms with Crippen molar-refractivity contribution < 1.29 is 28.5 Å². The molecule has 0 bridgehead atoms. The highest BCUT2D eigenvalue weighted by Crippen LogP contribution is 2.40. The van der Waals surface area contributed by atoms with E-state index in [4.69, 9.17) is 18.9 Å². The van der Waals surface area contributed by atoms with Crippen LogP contribution in [0.5, 0.6) is 5.75 Å². The molecule has 0 amide bonds. The lowest BCUT2D eigenvalue weighted by molar-refractivity contribution is -0.234. The number of carbonyl (C=O) groups excluding carboxylic acids is 2. The highest BCUT2D eigenvalue weighted by Gasteiger charge is 2.45. The van der Waals surface area contributed by atoms with Gasteiger partial charge < -0.3 is 18.9 Å². The van der Waals surface area contributed by atoms with Gasteiger partial charge in [-0.15, -0.1) is 0 Å². The third-order valence-corrected chi connectivity index (χ3v) is 3.24. The molecule has 0 aromatic carbocycles. The van der Waals surface area contributed by atoms with Crippen LogP contribution in [0.15, 0.2) is 18.5 Å². The summed E-state index contributed by atoms with van der Waals surface area (Å²) in [5.41, 5.74) is -0.469. The first-order chi connectivity index (χ1) is 10.5. The Bertz CT molecular complexity index is 541. The van der Waals surface area contributed by atoms with Crippen LogP contribution in [0.2, 0.25) is 0 Å². The third kappa shape index (κ3) is 3.54. The minimum absolute atomic E-state index is 0.0769. The lowest BCUT2D eigenvalue weighted by Gasteiger charge is -2.40. The van der Waals surface area contributed by atoms with E-state index in [1.54, 1.807) is 18.5 Å². The fraction of sp³-hybridized carbons (Fsp3) is 0.533. The van der Waals surface area contributed by atoms with E-state index in [1.165, 1.54) is 13.8 Å². The number of rotatable bonds is 5. The van der Waals surface area contributed by atoms with Crippen molar-refractivity contribution in [1.29, 1.82) is 0 Å². The first-order valence-corrected chi connectivity index (χ1v) is 7.02. The minimum Gasteiger partial charge on any atom is -0.463 e. The van der Waals surface area contributed by atoms with E-state index in [9.17, 15) is 9.59 Å².